The average molecular weight is 323 g/mol. The van der Waals surface area contributed by atoms with Crippen molar-refractivity contribution in [1.29, 1.82) is 0 Å². The molecule has 3 N–H and O–H groups in total. The van der Waals surface area contributed by atoms with Crippen LogP contribution in [0.25, 0.3) is 0 Å². The molecule has 3 fully saturated rings. The maximum atomic E-state index is 12.1. The lowest BCUT2D eigenvalue weighted by Gasteiger charge is -2.36. The molecule has 6 heteroatoms. The van der Waals surface area contributed by atoms with Crippen LogP contribution in [0.1, 0.15) is 44.9 Å². The fourth-order valence-electron chi connectivity index (χ4n) is 4.20. The number of carbonyl (C=O) groups excluding carboxylic acids is 2. The predicted molar refractivity (Wildman–Crippen MR) is 86.9 cm³/mol. The van der Waals surface area contributed by atoms with E-state index in [-0.39, 0.29) is 29.8 Å². The Bertz CT molecular complexity index is 429. The molecule has 0 aromatic heterocycles. The highest BCUT2D eigenvalue weighted by Crippen LogP contribution is 2.37. The van der Waals surface area contributed by atoms with Crippen LogP contribution in [0.2, 0.25) is 0 Å². The van der Waals surface area contributed by atoms with E-state index in [1.54, 1.807) is 0 Å². The van der Waals surface area contributed by atoms with Crippen LogP contribution in [-0.4, -0.2) is 50.7 Å². The first-order chi connectivity index (χ1) is 11.2. The molecule has 0 radical (unpaired) electrons. The molecule has 1 unspecified atom stereocenters. The SMILES string of the molecule is O=C(CNC1C(=O)NCC12CCOCC2)NCC1CCCCC1. The molecule has 1 atom stereocenters. The first-order valence-electron chi connectivity index (χ1n) is 9.05. The Hall–Kier alpha value is -1.14. The van der Waals surface area contributed by atoms with Gasteiger partial charge in [0, 0.05) is 31.7 Å². The van der Waals surface area contributed by atoms with E-state index in [1.807, 2.05) is 0 Å². The molecule has 2 amide bonds. The van der Waals surface area contributed by atoms with Gasteiger partial charge in [0.25, 0.3) is 0 Å². The van der Waals surface area contributed by atoms with E-state index >= 15 is 0 Å². The molecule has 1 saturated carbocycles. The number of nitrogens with one attached hydrogen (secondary N) is 3. The Balaban J connectivity index is 1.44. The minimum atomic E-state index is -0.271. The van der Waals surface area contributed by atoms with Crippen LogP contribution in [0.5, 0.6) is 0 Å². The van der Waals surface area contributed by atoms with E-state index in [2.05, 4.69) is 16.0 Å². The van der Waals surface area contributed by atoms with Crippen LogP contribution in [0.15, 0.2) is 0 Å². The summed E-state index contributed by atoms with van der Waals surface area (Å²) >= 11 is 0. The van der Waals surface area contributed by atoms with E-state index in [1.165, 1.54) is 32.1 Å². The second-order valence-electron chi connectivity index (χ2n) is 7.31. The molecule has 130 valence electrons. The lowest BCUT2D eigenvalue weighted by molar-refractivity contribution is -0.123. The van der Waals surface area contributed by atoms with E-state index in [0.717, 1.165) is 19.4 Å². The Labute approximate surface area is 138 Å². The number of amides is 2. The molecule has 23 heavy (non-hydrogen) atoms. The van der Waals surface area contributed by atoms with E-state index in [9.17, 15) is 9.59 Å². The maximum absolute atomic E-state index is 12.1. The number of ether oxygens (including phenoxy) is 1. The van der Waals surface area contributed by atoms with Gasteiger partial charge < -0.3 is 15.4 Å². The summed E-state index contributed by atoms with van der Waals surface area (Å²) in [7, 11) is 0. The second-order valence-corrected chi connectivity index (χ2v) is 7.31. The molecular weight excluding hydrogens is 294 g/mol. The summed E-state index contributed by atoms with van der Waals surface area (Å²) in [5.74, 6) is 0.647. The number of hydrogen-bond acceptors (Lipinski definition) is 4. The monoisotopic (exact) mass is 323 g/mol. The summed E-state index contributed by atoms with van der Waals surface area (Å²) in [6.45, 7) is 3.07. The molecule has 2 aliphatic heterocycles. The molecule has 2 heterocycles. The van der Waals surface area contributed by atoms with Gasteiger partial charge in [-0.25, -0.2) is 0 Å². The molecule has 0 aromatic rings. The van der Waals surface area contributed by atoms with Crippen molar-refractivity contribution in [3.8, 4) is 0 Å². The zero-order chi connectivity index (χ0) is 16.1. The van der Waals surface area contributed by atoms with Gasteiger partial charge in [0.05, 0.1) is 12.6 Å². The van der Waals surface area contributed by atoms with Gasteiger partial charge in [-0.05, 0) is 31.6 Å². The van der Waals surface area contributed by atoms with Gasteiger partial charge in [-0.15, -0.1) is 0 Å². The van der Waals surface area contributed by atoms with Gasteiger partial charge in [0.15, 0.2) is 0 Å². The third kappa shape index (κ3) is 4.04. The summed E-state index contributed by atoms with van der Waals surface area (Å²) in [5, 5.41) is 9.17. The van der Waals surface area contributed by atoms with Crippen molar-refractivity contribution in [3.05, 3.63) is 0 Å². The summed E-state index contributed by atoms with van der Waals surface area (Å²) in [4.78, 5) is 24.2. The van der Waals surface area contributed by atoms with Crippen LogP contribution >= 0.6 is 0 Å². The second kappa shape index (κ2) is 7.62. The molecule has 3 aliphatic rings. The topological polar surface area (TPSA) is 79.5 Å². The Morgan fingerprint density at radius 1 is 1.22 bits per heavy atom. The van der Waals surface area contributed by atoms with Crippen molar-refractivity contribution in [2.45, 2.75) is 51.0 Å². The van der Waals surface area contributed by atoms with Crippen molar-refractivity contribution in [2.24, 2.45) is 11.3 Å². The average Bonchev–Trinajstić information content (AvgIpc) is 2.88. The van der Waals surface area contributed by atoms with Crippen molar-refractivity contribution < 1.29 is 14.3 Å². The van der Waals surface area contributed by atoms with E-state index in [4.69, 9.17) is 4.74 Å². The highest BCUT2D eigenvalue weighted by Gasteiger charge is 2.48. The van der Waals surface area contributed by atoms with Gasteiger partial charge in [-0.2, -0.15) is 0 Å². The minimum absolute atomic E-state index is 0.00233. The smallest absolute Gasteiger partial charge is 0.237 e. The summed E-state index contributed by atoms with van der Waals surface area (Å²) in [5.41, 5.74) is -0.0843. The molecule has 0 bridgehead atoms. The molecule has 1 spiro atoms. The van der Waals surface area contributed by atoms with Crippen LogP contribution < -0.4 is 16.0 Å². The van der Waals surface area contributed by atoms with Crippen LogP contribution in [0.3, 0.4) is 0 Å². The fourth-order valence-corrected chi connectivity index (χ4v) is 4.20. The normalized spacial score (nSPS) is 27.8. The van der Waals surface area contributed by atoms with E-state index in [0.29, 0.717) is 25.7 Å². The van der Waals surface area contributed by atoms with Crippen LogP contribution in [0, 0.1) is 11.3 Å². The first-order valence-corrected chi connectivity index (χ1v) is 9.05. The minimum Gasteiger partial charge on any atom is -0.381 e. The maximum Gasteiger partial charge on any atom is 0.237 e. The van der Waals surface area contributed by atoms with Crippen molar-refractivity contribution in [3.63, 3.8) is 0 Å². The Morgan fingerprint density at radius 2 is 1.96 bits per heavy atom. The number of rotatable bonds is 5. The van der Waals surface area contributed by atoms with Gasteiger partial charge in [0.2, 0.25) is 11.8 Å². The first kappa shape index (κ1) is 16.7. The molecule has 3 rings (SSSR count). The summed E-state index contributed by atoms with van der Waals surface area (Å²) in [6, 6.07) is -0.271. The van der Waals surface area contributed by atoms with Crippen molar-refractivity contribution in [2.75, 3.05) is 32.8 Å². The molecular formula is C17H29N3O3. The highest BCUT2D eigenvalue weighted by atomic mass is 16.5. The predicted octanol–water partition coefficient (Wildman–Crippen LogP) is 0.568. The van der Waals surface area contributed by atoms with Gasteiger partial charge in [-0.1, -0.05) is 19.3 Å². The van der Waals surface area contributed by atoms with Gasteiger partial charge in [-0.3, -0.25) is 14.9 Å². The fraction of sp³-hybridized carbons (Fsp3) is 0.882. The number of hydrogen-bond donors (Lipinski definition) is 3. The van der Waals surface area contributed by atoms with E-state index < -0.39 is 0 Å². The quantitative estimate of drug-likeness (QED) is 0.691. The van der Waals surface area contributed by atoms with Crippen LogP contribution in [0.4, 0.5) is 0 Å². The van der Waals surface area contributed by atoms with Gasteiger partial charge >= 0.3 is 0 Å². The molecule has 0 aromatic carbocycles. The van der Waals surface area contributed by atoms with Crippen LogP contribution in [-0.2, 0) is 14.3 Å². The Kier molecular flexibility index (Phi) is 5.54. The highest BCUT2D eigenvalue weighted by molar-refractivity contribution is 5.86. The summed E-state index contributed by atoms with van der Waals surface area (Å²) in [6.07, 6.45) is 8.08. The number of carbonyl (C=O) groups is 2. The molecule has 6 nitrogen and oxygen atoms in total. The standard InChI is InChI=1S/C17H29N3O3/c21-14(18-10-13-4-2-1-3-5-13)11-19-15-16(22)20-12-17(15)6-8-23-9-7-17/h13,15,19H,1-12H2,(H,18,21)(H,20,22). The zero-order valence-corrected chi connectivity index (χ0v) is 13.9. The third-order valence-electron chi connectivity index (χ3n) is 5.76. The summed E-state index contributed by atoms with van der Waals surface area (Å²) < 4.78 is 5.42. The molecule has 2 saturated heterocycles. The lowest BCUT2D eigenvalue weighted by Crippen LogP contribution is -2.52. The van der Waals surface area contributed by atoms with Crippen molar-refractivity contribution >= 4 is 11.8 Å². The van der Waals surface area contributed by atoms with Gasteiger partial charge in [0.1, 0.15) is 0 Å². The van der Waals surface area contributed by atoms with Crippen molar-refractivity contribution in [1.82, 2.24) is 16.0 Å². The molecule has 1 aliphatic carbocycles. The zero-order valence-electron chi connectivity index (χ0n) is 13.9. The third-order valence-corrected chi connectivity index (χ3v) is 5.76. The largest absolute Gasteiger partial charge is 0.381 e. The lowest BCUT2D eigenvalue weighted by atomic mass is 9.76. The Morgan fingerprint density at radius 3 is 2.70 bits per heavy atom.